The van der Waals surface area contributed by atoms with Crippen LogP contribution in [0.2, 0.25) is 0 Å². The van der Waals surface area contributed by atoms with Gasteiger partial charge in [-0.25, -0.2) is 0 Å². The number of nitrogens with zero attached hydrogens (tertiary/aromatic N) is 1. The number of likely N-dealkylation sites (tertiary alicyclic amines) is 1. The molecule has 2 nitrogen and oxygen atoms in total. The molecule has 0 amide bonds. The number of phenols is 1. The highest BCUT2D eigenvalue weighted by Crippen LogP contribution is 2.49. The monoisotopic (exact) mass is 271 g/mol. The number of aromatic hydroxyl groups is 1. The molecule has 20 heavy (non-hydrogen) atoms. The third-order valence-electron chi connectivity index (χ3n) is 5.73. The van der Waals surface area contributed by atoms with Crippen molar-refractivity contribution in [2.45, 2.75) is 44.6 Å². The predicted molar refractivity (Wildman–Crippen MR) is 83.1 cm³/mol. The van der Waals surface area contributed by atoms with Crippen LogP contribution in [0.1, 0.15) is 37.8 Å². The van der Waals surface area contributed by atoms with Crippen LogP contribution < -0.4 is 0 Å². The highest BCUT2D eigenvalue weighted by Gasteiger charge is 2.48. The Balaban J connectivity index is 1.97. The van der Waals surface area contributed by atoms with Crippen LogP contribution in [0.15, 0.2) is 30.9 Å². The van der Waals surface area contributed by atoms with Crippen LogP contribution in [0.4, 0.5) is 0 Å². The number of piperidine rings is 1. The van der Waals surface area contributed by atoms with Crippen molar-refractivity contribution in [2.75, 3.05) is 13.1 Å². The Labute approximate surface area is 122 Å². The standard InChI is InChI=1S/C18H25NO/c1-4-5-9-19-10-8-18(3)13(2)17(19)11-14-6-7-15(20)12-16(14)18/h4,6-7,12-13,17,20H,1,5,8-11H2,2-3H3/t13-,17+,18-/m0/s1. The maximum absolute atomic E-state index is 9.83. The number of phenolic OH excluding ortho intramolecular Hbond substituents is 1. The molecular weight excluding hydrogens is 246 g/mol. The van der Waals surface area contributed by atoms with Crippen LogP contribution in [0.3, 0.4) is 0 Å². The van der Waals surface area contributed by atoms with Gasteiger partial charge < -0.3 is 5.11 Å². The molecule has 0 unspecified atom stereocenters. The molecular formula is C18H25NO. The van der Waals surface area contributed by atoms with Gasteiger partial charge in [-0.2, -0.15) is 0 Å². The van der Waals surface area contributed by atoms with Gasteiger partial charge in [-0.05, 0) is 60.4 Å². The van der Waals surface area contributed by atoms with E-state index < -0.39 is 0 Å². The number of benzene rings is 1. The summed E-state index contributed by atoms with van der Waals surface area (Å²) < 4.78 is 0. The van der Waals surface area contributed by atoms with E-state index in [1.807, 2.05) is 18.2 Å². The lowest BCUT2D eigenvalue weighted by atomic mass is 9.59. The summed E-state index contributed by atoms with van der Waals surface area (Å²) in [5.41, 5.74) is 3.02. The Bertz CT molecular complexity index is 524. The first kappa shape index (κ1) is 13.7. The molecule has 1 aromatic rings. The van der Waals surface area contributed by atoms with Crippen LogP contribution in [-0.4, -0.2) is 29.1 Å². The summed E-state index contributed by atoms with van der Waals surface area (Å²) in [4.78, 5) is 2.64. The molecule has 108 valence electrons. The SMILES string of the molecule is C=CCCN1CC[C@]2(C)c3cc(O)ccc3C[C@@H]1[C@@H]2C. The highest BCUT2D eigenvalue weighted by molar-refractivity contribution is 5.44. The lowest BCUT2D eigenvalue weighted by molar-refractivity contribution is 0.0327. The summed E-state index contributed by atoms with van der Waals surface area (Å²) >= 11 is 0. The summed E-state index contributed by atoms with van der Waals surface area (Å²) in [5, 5.41) is 9.83. The van der Waals surface area contributed by atoms with Gasteiger partial charge in [-0.3, -0.25) is 4.90 Å². The second kappa shape index (κ2) is 4.92. The summed E-state index contributed by atoms with van der Waals surface area (Å²) in [5.74, 6) is 1.04. The molecule has 0 radical (unpaired) electrons. The van der Waals surface area contributed by atoms with Gasteiger partial charge in [0.1, 0.15) is 5.75 Å². The molecule has 3 atom stereocenters. The van der Waals surface area contributed by atoms with Gasteiger partial charge in [0.25, 0.3) is 0 Å². The van der Waals surface area contributed by atoms with Crippen molar-refractivity contribution >= 4 is 0 Å². The van der Waals surface area contributed by atoms with Crippen molar-refractivity contribution in [1.29, 1.82) is 0 Å². The molecule has 2 aliphatic rings. The van der Waals surface area contributed by atoms with E-state index in [-0.39, 0.29) is 5.41 Å². The zero-order chi connectivity index (χ0) is 14.3. The van der Waals surface area contributed by atoms with Gasteiger partial charge in [0.2, 0.25) is 0 Å². The van der Waals surface area contributed by atoms with Gasteiger partial charge in [-0.1, -0.05) is 26.0 Å². The third kappa shape index (κ3) is 1.98. The van der Waals surface area contributed by atoms with Crippen LogP contribution in [0.25, 0.3) is 0 Å². The number of fused-ring (bicyclic) bond motifs is 4. The minimum Gasteiger partial charge on any atom is -0.508 e. The van der Waals surface area contributed by atoms with E-state index in [2.05, 4.69) is 31.4 Å². The summed E-state index contributed by atoms with van der Waals surface area (Å²) in [7, 11) is 0. The van der Waals surface area contributed by atoms with Gasteiger partial charge >= 0.3 is 0 Å². The molecule has 1 heterocycles. The maximum Gasteiger partial charge on any atom is 0.115 e. The molecule has 1 N–H and O–H groups in total. The molecule has 0 spiro atoms. The Kier molecular flexibility index (Phi) is 3.37. The first-order valence-electron chi connectivity index (χ1n) is 7.73. The Morgan fingerprint density at radius 3 is 3.05 bits per heavy atom. The molecule has 1 saturated heterocycles. The smallest absolute Gasteiger partial charge is 0.115 e. The zero-order valence-corrected chi connectivity index (χ0v) is 12.6. The fraction of sp³-hybridized carbons (Fsp3) is 0.556. The van der Waals surface area contributed by atoms with E-state index in [0.29, 0.717) is 17.7 Å². The van der Waals surface area contributed by atoms with Crippen molar-refractivity contribution in [3.05, 3.63) is 42.0 Å². The molecule has 2 bridgehead atoms. The first-order chi connectivity index (χ1) is 9.56. The average molecular weight is 271 g/mol. The molecule has 0 aromatic heterocycles. The quantitative estimate of drug-likeness (QED) is 0.851. The highest BCUT2D eigenvalue weighted by atomic mass is 16.3. The minimum absolute atomic E-state index is 0.210. The molecule has 1 aliphatic heterocycles. The molecule has 1 aromatic carbocycles. The van der Waals surface area contributed by atoms with Gasteiger partial charge in [0, 0.05) is 12.6 Å². The molecule has 1 aliphatic carbocycles. The third-order valence-corrected chi connectivity index (χ3v) is 5.73. The number of hydrogen-bond donors (Lipinski definition) is 1. The lowest BCUT2D eigenvalue weighted by Crippen LogP contribution is -2.58. The largest absolute Gasteiger partial charge is 0.508 e. The predicted octanol–water partition coefficient (Wildman–Crippen LogP) is 3.49. The molecule has 3 rings (SSSR count). The van der Waals surface area contributed by atoms with E-state index >= 15 is 0 Å². The maximum atomic E-state index is 9.83. The van der Waals surface area contributed by atoms with Crippen LogP contribution in [-0.2, 0) is 11.8 Å². The Hall–Kier alpha value is -1.28. The second-order valence-electron chi connectivity index (χ2n) is 6.68. The molecule has 2 heteroatoms. The normalized spacial score (nSPS) is 32.7. The first-order valence-corrected chi connectivity index (χ1v) is 7.73. The van der Waals surface area contributed by atoms with Crippen molar-refractivity contribution in [1.82, 2.24) is 4.90 Å². The van der Waals surface area contributed by atoms with Crippen molar-refractivity contribution in [2.24, 2.45) is 5.92 Å². The van der Waals surface area contributed by atoms with E-state index in [1.54, 1.807) is 0 Å². The van der Waals surface area contributed by atoms with E-state index in [9.17, 15) is 5.11 Å². The second-order valence-corrected chi connectivity index (χ2v) is 6.68. The molecule has 1 fully saturated rings. The van der Waals surface area contributed by atoms with Crippen LogP contribution in [0, 0.1) is 5.92 Å². The molecule has 0 saturated carbocycles. The van der Waals surface area contributed by atoms with Crippen molar-refractivity contribution in [3.63, 3.8) is 0 Å². The summed E-state index contributed by atoms with van der Waals surface area (Å²) in [6, 6.07) is 6.59. The van der Waals surface area contributed by atoms with Crippen molar-refractivity contribution in [3.8, 4) is 5.75 Å². The van der Waals surface area contributed by atoms with E-state index in [4.69, 9.17) is 0 Å². The topological polar surface area (TPSA) is 23.5 Å². The fourth-order valence-electron chi connectivity index (χ4n) is 4.23. The van der Waals surface area contributed by atoms with Gasteiger partial charge in [0.05, 0.1) is 0 Å². The van der Waals surface area contributed by atoms with E-state index in [1.165, 1.54) is 17.5 Å². The van der Waals surface area contributed by atoms with Crippen molar-refractivity contribution < 1.29 is 5.11 Å². The minimum atomic E-state index is 0.210. The van der Waals surface area contributed by atoms with E-state index in [0.717, 1.165) is 25.9 Å². The van der Waals surface area contributed by atoms with Crippen LogP contribution in [0.5, 0.6) is 5.75 Å². The van der Waals surface area contributed by atoms with Crippen LogP contribution >= 0.6 is 0 Å². The lowest BCUT2D eigenvalue weighted by Gasteiger charge is -2.54. The summed E-state index contributed by atoms with van der Waals surface area (Å²) in [6.07, 6.45) is 5.39. The number of hydrogen-bond acceptors (Lipinski definition) is 2. The Morgan fingerprint density at radius 2 is 2.30 bits per heavy atom. The Morgan fingerprint density at radius 1 is 1.50 bits per heavy atom. The van der Waals surface area contributed by atoms with Gasteiger partial charge in [-0.15, -0.1) is 6.58 Å². The fourth-order valence-corrected chi connectivity index (χ4v) is 4.23. The summed E-state index contributed by atoms with van der Waals surface area (Å²) in [6.45, 7) is 10.9. The zero-order valence-electron chi connectivity index (χ0n) is 12.6. The average Bonchev–Trinajstić information content (AvgIpc) is 2.43. The van der Waals surface area contributed by atoms with Gasteiger partial charge in [0.15, 0.2) is 0 Å². The number of rotatable bonds is 3.